The summed E-state index contributed by atoms with van der Waals surface area (Å²) < 4.78 is 41.1. The molecule has 1 aromatic carbocycles. The van der Waals surface area contributed by atoms with Gasteiger partial charge in [0.25, 0.3) is 10.0 Å². The molecule has 1 aliphatic heterocycles. The second-order valence-corrected chi connectivity index (χ2v) is 7.63. The molecule has 0 aliphatic carbocycles. The van der Waals surface area contributed by atoms with E-state index in [1.807, 2.05) is 0 Å². The van der Waals surface area contributed by atoms with Crippen LogP contribution in [-0.4, -0.2) is 24.6 Å². The van der Waals surface area contributed by atoms with Crippen molar-refractivity contribution in [2.45, 2.75) is 18.6 Å². The van der Waals surface area contributed by atoms with Crippen LogP contribution >= 0.6 is 23.2 Å². The van der Waals surface area contributed by atoms with Gasteiger partial charge in [0, 0.05) is 6.42 Å². The minimum Gasteiger partial charge on any atom is -0.238 e. The van der Waals surface area contributed by atoms with Gasteiger partial charge < -0.3 is 0 Å². The molecule has 0 N–H and O–H groups in total. The van der Waals surface area contributed by atoms with Crippen molar-refractivity contribution in [2.75, 3.05) is 11.0 Å². The summed E-state index contributed by atoms with van der Waals surface area (Å²) in [7, 11) is -3.68. The molecule has 2 heterocycles. The van der Waals surface area contributed by atoms with Gasteiger partial charge in [0.05, 0.1) is 23.5 Å². The van der Waals surface area contributed by atoms with Crippen LogP contribution in [0, 0.1) is 5.82 Å². The highest BCUT2D eigenvalue weighted by Gasteiger charge is 2.29. The summed E-state index contributed by atoms with van der Waals surface area (Å²) in [6.45, 7) is 0.320. The number of aryl methyl sites for hydroxylation is 1. The van der Waals surface area contributed by atoms with E-state index in [-0.39, 0.29) is 15.9 Å². The fourth-order valence-electron chi connectivity index (χ4n) is 2.42. The fraction of sp³-hybridized carbons (Fsp3) is 0.308. The normalized spacial score (nSPS) is 15.0. The lowest BCUT2D eigenvalue weighted by molar-refractivity contribution is 0.532. The summed E-state index contributed by atoms with van der Waals surface area (Å²) in [6.07, 6.45) is 2.76. The van der Waals surface area contributed by atoms with Gasteiger partial charge in [-0.15, -0.1) is 0 Å². The molecule has 0 saturated heterocycles. The number of rotatable bonds is 3. The Bertz CT molecular complexity index is 823. The molecule has 5 nitrogen and oxygen atoms in total. The fourth-order valence-corrected chi connectivity index (χ4v) is 4.49. The molecule has 0 saturated carbocycles. The third-order valence-electron chi connectivity index (χ3n) is 3.39. The zero-order chi connectivity index (χ0) is 15.9. The minimum atomic E-state index is -3.68. The number of aromatic nitrogens is 2. The maximum atomic E-state index is 13.2. The van der Waals surface area contributed by atoms with Crippen molar-refractivity contribution in [2.24, 2.45) is 0 Å². The SMILES string of the molecule is O=S(=O)(Cc1ccc(F)c(Cl)c1)N1CCCc2ncc(Cl)n21. The number of halogens is 3. The van der Waals surface area contributed by atoms with Gasteiger partial charge in [-0.25, -0.2) is 26.9 Å². The Morgan fingerprint density at radius 2 is 2.09 bits per heavy atom. The summed E-state index contributed by atoms with van der Waals surface area (Å²) in [5, 5.41) is 0.142. The lowest BCUT2D eigenvalue weighted by atomic mass is 10.2. The first-order valence-electron chi connectivity index (χ1n) is 6.55. The van der Waals surface area contributed by atoms with Crippen molar-refractivity contribution in [1.82, 2.24) is 9.66 Å². The standard InChI is InChI=1S/C13H12Cl2FN3O2S/c14-10-6-9(3-4-11(10)16)8-22(20,21)18-5-1-2-13-17-7-12(15)19(13)18/h3-4,6-7H,1-2,5,8H2. The highest BCUT2D eigenvalue weighted by atomic mass is 35.5. The Balaban J connectivity index is 1.94. The van der Waals surface area contributed by atoms with Gasteiger partial charge in [0.1, 0.15) is 16.8 Å². The molecular weight excluding hydrogens is 352 g/mol. The molecule has 0 amide bonds. The van der Waals surface area contributed by atoms with Crippen LogP contribution in [0.2, 0.25) is 10.2 Å². The largest absolute Gasteiger partial charge is 0.252 e. The summed E-state index contributed by atoms with van der Waals surface area (Å²) in [6, 6.07) is 3.87. The third kappa shape index (κ3) is 2.80. The first-order valence-corrected chi connectivity index (χ1v) is 8.92. The lowest BCUT2D eigenvalue weighted by Crippen LogP contribution is -2.45. The molecule has 0 bridgehead atoms. The molecule has 3 rings (SSSR count). The van der Waals surface area contributed by atoms with Gasteiger partial charge >= 0.3 is 0 Å². The zero-order valence-electron chi connectivity index (χ0n) is 11.3. The van der Waals surface area contributed by atoms with Crippen LogP contribution in [0.1, 0.15) is 17.8 Å². The van der Waals surface area contributed by atoms with Gasteiger partial charge in [0.2, 0.25) is 0 Å². The number of benzene rings is 1. The maximum absolute atomic E-state index is 13.2. The summed E-state index contributed by atoms with van der Waals surface area (Å²) in [4.78, 5) is 4.11. The maximum Gasteiger partial charge on any atom is 0.252 e. The van der Waals surface area contributed by atoms with E-state index in [1.165, 1.54) is 27.4 Å². The number of hydrogen-bond donors (Lipinski definition) is 0. The Kier molecular flexibility index (Phi) is 4.05. The minimum absolute atomic E-state index is 0.104. The first kappa shape index (κ1) is 15.6. The van der Waals surface area contributed by atoms with Crippen LogP contribution in [0.25, 0.3) is 0 Å². The second kappa shape index (κ2) is 5.72. The monoisotopic (exact) mass is 363 g/mol. The average molecular weight is 364 g/mol. The van der Waals surface area contributed by atoms with E-state index >= 15 is 0 Å². The van der Waals surface area contributed by atoms with E-state index in [0.29, 0.717) is 30.8 Å². The molecule has 0 unspecified atom stereocenters. The molecule has 22 heavy (non-hydrogen) atoms. The van der Waals surface area contributed by atoms with Crippen LogP contribution in [0.3, 0.4) is 0 Å². The van der Waals surface area contributed by atoms with Crippen molar-refractivity contribution >= 4 is 33.2 Å². The predicted octanol–water partition coefficient (Wildman–Crippen LogP) is 2.74. The molecule has 0 spiro atoms. The zero-order valence-corrected chi connectivity index (χ0v) is 13.7. The number of fused-ring (bicyclic) bond motifs is 1. The Hall–Kier alpha value is -1.31. The number of imidazole rings is 1. The summed E-state index contributed by atoms with van der Waals surface area (Å²) in [5.41, 5.74) is 0.412. The average Bonchev–Trinajstić information content (AvgIpc) is 2.84. The molecule has 0 radical (unpaired) electrons. The molecule has 2 aromatic rings. The van der Waals surface area contributed by atoms with E-state index in [0.717, 1.165) is 6.07 Å². The molecule has 0 fully saturated rings. The van der Waals surface area contributed by atoms with Crippen molar-refractivity contribution in [1.29, 1.82) is 0 Å². The molecule has 9 heteroatoms. The molecule has 0 atom stereocenters. The summed E-state index contributed by atoms with van der Waals surface area (Å²) in [5.74, 6) is -0.265. The topological polar surface area (TPSA) is 55.2 Å². The van der Waals surface area contributed by atoms with Crippen LogP contribution in [-0.2, 0) is 22.2 Å². The first-order chi connectivity index (χ1) is 10.4. The molecule has 1 aromatic heterocycles. The molecule has 1 aliphatic rings. The highest BCUT2D eigenvalue weighted by molar-refractivity contribution is 7.91. The van der Waals surface area contributed by atoms with E-state index in [2.05, 4.69) is 4.98 Å². The number of hydrogen-bond acceptors (Lipinski definition) is 3. The number of sulfonamides is 1. The van der Waals surface area contributed by atoms with Gasteiger partial charge in [-0.05, 0) is 24.1 Å². The summed E-state index contributed by atoms with van der Waals surface area (Å²) >= 11 is 11.7. The smallest absolute Gasteiger partial charge is 0.238 e. The van der Waals surface area contributed by atoms with Gasteiger partial charge in [0.15, 0.2) is 0 Å². The van der Waals surface area contributed by atoms with Gasteiger partial charge in [-0.3, -0.25) is 0 Å². The van der Waals surface area contributed by atoms with Crippen molar-refractivity contribution in [3.63, 3.8) is 0 Å². The van der Waals surface area contributed by atoms with Crippen LogP contribution in [0.5, 0.6) is 0 Å². The Labute approximate surface area is 137 Å². The van der Waals surface area contributed by atoms with Crippen molar-refractivity contribution in [3.05, 3.63) is 51.8 Å². The van der Waals surface area contributed by atoms with Gasteiger partial charge in [-0.2, -0.15) is 0 Å². The Morgan fingerprint density at radius 1 is 1.32 bits per heavy atom. The van der Waals surface area contributed by atoms with E-state index < -0.39 is 15.8 Å². The van der Waals surface area contributed by atoms with Crippen LogP contribution in [0.4, 0.5) is 4.39 Å². The predicted molar refractivity (Wildman–Crippen MR) is 82.7 cm³/mol. The van der Waals surface area contributed by atoms with Crippen molar-refractivity contribution < 1.29 is 12.8 Å². The lowest BCUT2D eigenvalue weighted by Gasteiger charge is -2.30. The van der Waals surface area contributed by atoms with Crippen LogP contribution < -0.4 is 4.41 Å². The van der Waals surface area contributed by atoms with E-state index in [4.69, 9.17) is 23.2 Å². The Morgan fingerprint density at radius 3 is 2.82 bits per heavy atom. The molecule has 118 valence electrons. The second-order valence-electron chi connectivity index (χ2n) is 4.96. The third-order valence-corrected chi connectivity index (χ3v) is 5.63. The van der Waals surface area contributed by atoms with E-state index in [9.17, 15) is 12.8 Å². The number of nitrogens with zero attached hydrogens (tertiary/aromatic N) is 3. The van der Waals surface area contributed by atoms with Crippen LogP contribution in [0.15, 0.2) is 24.4 Å². The van der Waals surface area contributed by atoms with Gasteiger partial charge in [-0.1, -0.05) is 29.3 Å². The molecular formula is C13H12Cl2FN3O2S. The van der Waals surface area contributed by atoms with E-state index in [1.54, 1.807) is 0 Å². The highest BCUT2D eigenvalue weighted by Crippen LogP contribution is 2.23. The van der Waals surface area contributed by atoms with Crippen molar-refractivity contribution in [3.8, 4) is 0 Å². The quantitative estimate of drug-likeness (QED) is 0.842.